The molecule has 1 saturated heterocycles. The van der Waals surface area contributed by atoms with Crippen molar-refractivity contribution in [3.05, 3.63) is 53.2 Å². The van der Waals surface area contributed by atoms with Gasteiger partial charge in [0.1, 0.15) is 6.10 Å². The van der Waals surface area contributed by atoms with Crippen molar-refractivity contribution in [2.45, 2.75) is 24.9 Å². The van der Waals surface area contributed by atoms with Gasteiger partial charge in [0, 0.05) is 12.5 Å². The van der Waals surface area contributed by atoms with Gasteiger partial charge in [-0.05, 0) is 30.5 Å². The van der Waals surface area contributed by atoms with Crippen molar-refractivity contribution in [1.29, 1.82) is 5.26 Å². The number of aromatic nitrogens is 1. The molecule has 4 rings (SSSR count). The fraction of sp³-hybridized carbons (Fsp3) is 0.389. The first-order chi connectivity index (χ1) is 11.8. The molecule has 0 radical (unpaired) electrons. The van der Waals surface area contributed by atoms with Crippen LogP contribution in [-0.2, 0) is 4.74 Å². The summed E-state index contributed by atoms with van der Waals surface area (Å²) in [6.45, 7) is 1.43. The third-order valence-electron chi connectivity index (χ3n) is 4.49. The van der Waals surface area contributed by atoms with Crippen LogP contribution in [0, 0.1) is 11.3 Å². The van der Waals surface area contributed by atoms with Crippen LogP contribution in [-0.4, -0.2) is 35.5 Å². The summed E-state index contributed by atoms with van der Waals surface area (Å²) < 4.78 is 11.2. The second-order valence-corrected chi connectivity index (χ2v) is 6.19. The molecule has 1 unspecified atom stereocenters. The fourth-order valence-corrected chi connectivity index (χ4v) is 3.05. The molecule has 6 nitrogen and oxygen atoms in total. The molecular weight excluding hydrogens is 306 g/mol. The number of morpholine rings is 1. The van der Waals surface area contributed by atoms with Gasteiger partial charge in [-0.25, -0.2) is 4.98 Å². The highest BCUT2D eigenvalue weighted by molar-refractivity contribution is 5.92. The van der Waals surface area contributed by atoms with E-state index in [9.17, 15) is 4.79 Å². The molecule has 1 aliphatic heterocycles. The summed E-state index contributed by atoms with van der Waals surface area (Å²) in [5, 5.41) is 9.04. The number of hydrogen-bond donors (Lipinski definition) is 0. The van der Waals surface area contributed by atoms with Gasteiger partial charge in [-0.2, -0.15) is 5.26 Å². The molecule has 0 spiro atoms. The standard InChI is InChI=1S/C18H17N3O3/c19-9-12-2-1-3-14(8-12)15-10-21(6-7-23-15)18(22)17-16(13-4-5-13)20-11-24-17/h1-3,8,11,13,15H,4-7,10H2. The highest BCUT2D eigenvalue weighted by atomic mass is 16.5. The minimum Gasteiger partial charge on any atom is -0.438 e. The van der Waals surface area contributed by atoms with Crippen molar-refractivity contribution in [2.24, 2.45) is 0 Å². The lowest BCUT2D eigenvalue weighted by molar-refractivity contribution is -0.0238. The molecule has 122 valence electrons. The summed E-state index contributed by atoms with van der Waals surface area (Å²) in [4.78, 5) is 18.8. The average molecular weight is 323 g/mol. The second-order valence-electron chi connectivity index (χ2n) is 6.19. The molecule has 0 bridgehead atoms. The summed E-state index contributed by atoms with van der Waals surface area (Å²) in [6.07, 6.45) is 3.26. The normalized spacial score (nSPS) is 20.6. The SMILES string of the molecule is N#Cc1cccc(C2CN(C(=O)c3ocnc3C3CC3)CCO2)c1. The van der Waals surface area contributed by atoms with Gasteiger partial charge in [0.2, 0.25) is 5.76 Å². The first-order valence-corrected chi connectivity index (χ1v) is 8.10. The van der Waals surface area contributed by atoms with Crippen molar-refractivity contribution in [1.82, 2.24) is 9.88 Å². The van der Waals surface area contributed by atoms with Gasteiger partial charge in [0.05, 0.1) is 30.5 Å². The maximum atomic E-state index is 12.8. The average Bonchev–Trinajstić information content (AvgIpc) is 3.38. The van der Waals surface area contributed by atoms with Gasteiger partial charge in [-0.1, -0.05) is 12.1 Å². The Balaban J connectivity index is 1.53. The van der Waals surface area contributed by atoms with Gasteiger partial charge in [-0.15, -0.1) is 0 Å². The molecule has 1 aromatic carbocycles. The molecule has 1 atom stereocenters. The maximum absolute atomic E-state index is 12.8. The van der Waals surface area contributed by atoms with Crippen LogP contribution in [0.25, 0.3) is 0 Å². The number of nitriles is 1. The van der Waals surface area contributed by atoms with E-state index >= 15 is 0 Å². The van der Waals surface area contributed by atoms with Crippen molar-refractivity contribution in [3.63, 3.8) is 0 Å². The zero-order valence-corrected chi connectivity index (χ0v) is 13.1. The second kappa shape index (κ2) is 6.10. The largest absolute Gasteiger partial charge is 0.438 e. The van der Waals surface area contributed by atoms with Crippen LogP contribution in [0.4, 0.5) is 0 Å². The lowest BCUT2D eigenvalue weighted by atomic mass is 10.0. The number of amides is 1. The summed E-state index contributed by atoms with van der Waals surface area (Å²) >= 11 is 0. The van der Waals surface area contributed by atoms with E-state index in [4.69, 9.17) is 14.4 Å². The molecule has 2 fully saturated rings. The number of oxazole rings is 1. The molecule has 1 aromatic heterocycles. The Morgan fingerprint density at radius 2 is 2.25 bits per heavy atom. The summed E-state index contributed by atoms with van der Waals surface area (Å²) in [6, 6.07) is 9.45. The molecule has 24 heavy (non-hydrogen) atoms. The van der Waals surface area contributed by atoms with Crippen molar-refractivity contribution >= 4 is 5.91 Å². The van der Waals surface area contributed by atoms with Crippen LogP contribution < -0.4 is 0 Å². The third kappa shape index (κ3) is 2.79. The molecule has 2 aromatic rings. The number of benzene rings is 1. The first kappa shape index (κ1) is 14.9. The predicted molar refractivity (Wildman–Crippen MR) is 84.2 cm³/mol. The number of rotatable bonds is 3. The molecule has 2 aliphatic rings. The van der Waals surface area contributed by atoms with E-state index in [2.05, 4.69) is 11.1 Å². The van der Waals surface area contributed by atoms with Crippen LogP contribution in [0.15, 0.2) is 35.1 Å². The Kier molecular flexibility index (Phi) is 3.79. The summed E-state index contributed by atoms with van der Waals surface area (Å²) in [5.41, 5.74) is 2.28. The molecule has 1 saturated carbocycles. The monoisotopic (exact) mass is 323 g/mol. The molecule has 2 heterocycles. The quantitative estimate of drug-likeness (QED) is 0.867. The molecular formula is C18H17N3O3. The number of carbonyl (C=O) groups excluding carboxylic acids is 1. The number of nitrogens with zero attached hydrogens (tertiary/aromatic N) is 3. The van der Waals surface area contributed by atoms with Crippen LogP contribution in [0.5, 0.6) is 0 Å². The van der Waals surface area contributed by atoms with E-state index in [1.807, 2.05) is 18.2 Å². The molecule has 0 N–H and O–H groups in total. The van der Waals surface area contributed by atoms with E-state index in [1.54, 1.807) is 11.0 Å². The van der Waals surface area contributed by atoms with E-state index in [0.717, 1.165) is 24.1 Å². The van der Waals surface area contributed by atoms with E-state index in [-0.39, 0.29) is 12.0 Å². The first-order valence-electron chi connectivity index (χ1n) is 8.10. The third-order valence-corrected chi connectivity index (χ3v) is 4.49. The van der Waals surface area contributed by atoms with E-state index in [0.29, 0.717) is 36.9 Å². The summed E-state index contributed by atoms with van der Waals surface area (Å²) in [5.74, 6) is 0.606. The van der Waals surface area contributed by atoms with Crippen LogP contribution in [0.1, 0.15) is 52.2 Å². The molecule has 1 aliphatic carbocycles. The predicted octanol–water partition coefficient (Wildman–Crippen LogP) is 2.64. The van der Waals surface area contributed by atoms with Crippen molar-refractivity contribution < 1.29 is 13.9 Å². The highest BCUT2D eigenvalue weighted by Crippen LogP contribution is 2.41. The van der Waals surface area contributed by atoms with E-state index in [1.165, 1.54) is 6.39 Å². The van der Waals surface area contributed by atoms with Gasteiger partial charge >= 0.3 is 0 Å². The molecule has 1 amide bonds. The van der Waals surface area contributed by atoms with Gasteiger partial charge in [-0.3, -0.25) is 4.79 Å². The Morgan fingerprint density at radius 1 is 1.38 bits per heavy atom. The lowest BCUT2D eigenvalue weighted by Gasteiger charge is -2.32. The minimum absolute atomic E-state index is 0.126. The fourth-order valence-electron chi connectivity index (χ4n) is 3.05. The van der Waals surface area contributed by atoms with Crippen molar-refractivity contribution in [2.75, 3.05) is 19.7 Å². The highest BCUT2D eigenvalue weighted by Gasteiger charge is 2.35. The van der Waals surface area contributed by atoms with Crippen LogP contribution >= 0.6 is 0 Å². The maximum Gasteiger partial charge on any atom is 0.291 e. The van der Waals surface area contributed by atoms with Crippen LogP contribution in [0.2, 0.25) is 0 Å². The topological polar surface area (TPSA) is 79.4 Å². The lowest BCUT2D eigenvalue weighted by Crippen LogP contribution is -2.42. The summed E-state index contributed by atoms with van der Waals surface area (Å²) in [7, 11) is 0. The number of ether oxygens (including phenoxy) is 1. The number of carbonyl (C=O) groups is 1. The van der Waals surface area contributed by atoms with E-state index < -0.39 is 0 Å². The van der Waals surface area contributed by atoms with Crippen molar-refractivity contribution in [3.8, 4) is 6.07 Å². The van der Waals surface area contributed by atoms with Crippen LogP contribution in [0.3, 0.4) is 0 Å². The van der Waals surface area contributed by atoms with Gasteiger partial charge < -0.3 is 14.1 Å². The smallest absolute Gasteiger partial charge is 0.291 e. The Morgan fingerprint density at radius 3 is 3.04 bits per heavy atom. The van der Waals surface area contributed by atoms with Gasteiger partial charge in [0.25, 0.3) is 5.91 Å². The minimum atomic E-state index is -0.233. The molecule has 6 heteroatoms. The zero-order chi connectivity index (χ0) is 16.5. The Labute approximate surface area is 139 Å². The zero-order valence-electron chi connectivity index (χ0n) is 13.1. The van der Waals surface area contributed by atoms with Gasteiger partial charge in [0.15, 0.2) is 6.39 Å². The Bertz CT molecular complexity index is 804. The number of hydrogen-bond acceptors (Lipinski definition) is 5. The Hall–Kier alpha value is -2.65.